The number of nitrogens with zero attached hydrogens (tertiary/aromatic N) is 4. The zero-order chi connectivity index (χ0) is 38.2. The van der Waals surface area contributed by atoms with Gasteiger partial charge in [0.15, 0.2) is 13.2 Å². The van der Waals surface area contributed by atoms with Gasteiger partial charge in [-0.2, -0.15) is 10.5 Å². The summed E-state index contributed by atoms with van der Waals surface area (Å²) in [6.07, 6.45) is -1.04. The van der Waals surface area contributed by atoms with Crippen LogP contribution in [-0.4, -0.2) is 93.9 Å². The fourth-order valence-corrected chi connectivity index (χ4v) is 4.51. The number of phenolic OH excluding ortho intramolecular Hbond substituents is 2. The van der Waals surface area contributed by atoms with Crippen LogP contribution in [0.15, 0.2) is 36.4 Å². The largest absolute Gasteiger partial charge is 0.507 e. The molecule has 2 aromatic carbocycles. The van der Waals surface area contributed by atoms with Crippen molar-refractivity contribution in [3.05, 3.63) is 58.7 Å². The maximum atomic E-state index is 13.1. The number of carbonyl (C=O) groups excluding carboxylic acids is 8. The summed E-state index contributed by atoms with van der Waals surface area (Å²) in [6, 6.07) is 10.9. The Morgan fingerprint density at radius 2 is 1.21 bits per heavy atom. The first-order valence-corrected chi connectivity index (χ1v) is 15.4. The summed E-state index contributed by atoms with van der Waals surface area (Å²) in [7, 11) is 0. The van der Waals surface area contributed by atoms with Gasteiger partial charge >= 0.3 is 17.9 Å². The van der Waals surface area contributed by atoms with Crippen molar-refractivity contribution in [2.24, 2.45) is 0 Å². The van der Waals surface area contributed by atoms with E-state index < -0.39 is 85.2 Å². The Labute approximate surface area is 295 Å². The predicted octanol–water partition coefficient (Wildman–Crippen LogP) is -0.00274. The van der Waals surface area contributed by atoms with E-state index in [0.29, 0.717) is 16.2 Å². The zero-order valence-electron chi connectivity index (χ0n) is 27.4. The SMILES string of the molecule is N#CCOC(=O)c1ccc(CNC(=O)CN(CC(=O)NCc2ccc(C(=O)OCC#N)c(O)c2)C(=O)CCCC(=O)ON2C(=O)CCC2=O)cc1O. The third kappa shape index (κ3) is 11.8. The molecule has 0 unspecified atom stereocenters. The number of carbonyl (C=O) groups is 8. The van der Waals surface area contributed by atoms with Gasteiger partial charge in [0.05, 0.1) is 0 Å². The lowest BCUT2D eigenvalue weighted by Crippen LogP contribution is -2.45. The number of rotatable bonds is 17. The lowest BCUT2D eigenvalue weighted by molar-refractivity contribution is -0.197. The van der Waals surface area contributed by atoms with Gasteiger partial charge in [0.2, 0.25) is 17.7 Å². The molecule has 19 heteroatoms. The molecule has 1 aliphatic rings. The summed E-state index contributed by atoms with van der Waals surface area (Å²) >= 11 is 0. The average molecular weight is 721 g/mol. The highest BCUT2D eigenvalue weighted by Gasteiger charge is 2.33. The Kier molecular flexibility index (Phi) is 14.6. The fraction of sp³-hybridized carbons (Fsp3) is 0.333. The van der Waals surface area contributed by atoms with Gasteiger partial charge in [-0.1, -0.05) is 12.1 Å². The zero-order valence-corrected chi connectivity index (χ0v) is 27.4. The van der Waals surface area contributed by atoms with Crippen molar-refractivity contribution in [3.63, 3.8) is 0 Å². The summed E-state index contributed by atoms with van der Waals surface area (Å²) in [4.78, 5) is 104. The Hall–Kier alpha value is -7.02. The second-order valence-electron chi connectivity index (χ2n) is 10.9. The number of hydrogen-bond donors (Lipinski definition) is 4. The van der Waals surface area contributed by atoms with Gasteiger partial charge in [-0.15, -0.1) is 5.06 Å². The van der Waals surface area contributed by atoms with E-state index in [-0.39, 0.29) is 56.3 Å². The van der Waals surface area contributed by atoms with Gasteiger partial charge in [0, 0.05) is 38.8 Å². The Morgan fingerprint density at radius 3 is 1.63 bits per heavy atom. The third-order valence-corrected chi connectivity index (χ3v) is 7.07. The Bertz CT molecular complexity index is 1720. The highest BCUT2D eigenvalue weighted by atomic mass is 16.7. The number of ether oxygens (including phenoxy) is 2. The highest BCUT2D eigenvalue weighted by molar-refractivity contribution is 6.01. The van der Waals surface area contributed by atoms with Crippen molar-refractivity contribution in [1.29, 1.82) is 10.5 Å². The van der Waals surface area contributed by atoms with Crippen LogP contribution >= 0.6 is 0 Å². The number of nitrogens with one attached hydrogen (secondary N) is 2. The molecule has 1 saturated heterocycles. The van der Waals surface area contributed by atoms with Gasteiger partial charge in [-0.05, 0) is 41.8 Å². The lowest BCUT2D eigenvalue weighted by Gasteiger charge is -2.22. The third-order valence-electron chi connectivity index (χ3n) is 7.07. The van der Waals surface area contributed by atoms with Gasteiger partial charge in [0.25, 0.3) is 11.8 Å². The van der Waals surface area contributed by atoms with Crippen molar-refractivity contribution < 1.29 is 62.9 Å². The minimum absolute atomic E-state index is 0.0986. The van der Waals surface area contributed by atoms with Crippen LogP contribution in [0, 0.1) is 22.7 Å². The molecule has 1 heterocycles. The van der Waals surface area contributed by atoms with Crippen molar-refractivity contribution >= 4 is 47.4 Å². The van der Waals surface area contributed by atoms with E-state index >= 15 is 0 Å². The number of esters is 2. The van der Waals surface area contributed by atoms with Gasteiger partial charge < -0.3 is 40.1 Å². The number of nitriles is 2. The first-order chi connectivity index (χ1) is 24.8. The van der Waals surface area contributed by atoms with Crippen LogP contribution in [0.25, 0.3) is 0 Å². The molecule has 0 aliphatic carbocycles. The monoisotopic (exact) mass is 720 g/mol. The molecule has 272 valence electrons. The second kappa shape index (κ2) is 19.2. The van der Waals surface area contributed by atoms with E-state index in [1.165, 1.54) is 36.4 Å². The maximum Gasteiger partial charge on any atom is 0.342 e. The number of hydroxylamine groups is 2. The van der Waals surface area contributed by atoms with Crippen molar-refractivity contribution in [3.8, 4) is 23.6 Å². The van der Waals surface area contributed by atoms with Crippen LogP contribution in [0.1, 0.15) is 63.9 Å². The van der Waals surface area contributed by atoms with E-state index in [2.05, 4.69) is 20.1 Å². The van der Waals surface area contributed by atoms with Gasteiger partial charge in [0.1, 0.15) is 47.9 Å². The average Bonchev–Trinajstić information content (AvgIpc) is 3.42. The smallest absolute Gasteiger partial charge is 0.342 e. The second-order valence-corrected chi connectivity index (χ2v) is 10.9. The predicted molar refractivity (Wildman–Crippen MR) is 169 cm³/mol. The van der Waals surface area contributed by atoms with Crippen LogP contribution in [0.5, 0.6) is 11.5 Å². The van der Waals surface area contributed by atoms with E-state index in [4.69, 9.17) is 15.4 Å². The molecule has 0 radical (unpaired) electrons. The molecule has 1 fully saturated rings. The standard InChI is InChI=1S/C33H32N6O13/c34-10-12-50-32(48)22-6-4-20(14-24(22)40)16-36-26(42)18-38(28(44)2-1-3-31(47)52-39-29(45)8-9-30(39)46)19-27(43)37-17-21-5-7-23(25(41)15-21)33(49)51-13-11-35/h4-7,14-15,40-41H,1-3,8-9,12-13,16-19H2,(H,36,42)(H,37,43). The number of phenols is 2. The molecule has 5 amide bonds. The Morgan fingerprint density at radius 1 is 0.750 bits per heavy atom. The summed E-state index contributed by atoms with van der Waals surface area (Å²) in [5.74, 6) is -7.28. The molecule has 2 aromatic rings. The number of aromatic hydroxyl groups is 2. The number of amides is 5. The molecule has 0 aromatic heterocycles. The van der Waals surface area contributed by atoms with Crippen molar-refractivity contribution in [2.45, 2.75) is 45.2 Å². The molecular formula is C33H32N6O13. The van der Waals surface area contributed by atoms with Gasteiger partial charge in [-0.3, -0.25) is 24.0 Å². The van der Waals surface area contributed by atoms with E-state index in [9.17, 15) is 48.6 Å². The molecule has 0 bridgehead atoms. The molecule has 52 heavy (non-hydrogen) atoms. The lowest BCUT2D eigenvalue weighted by atomic mass is 10.1. The number of imide groups is 1. The molecule has 0 atom stereocenters. The normalized spacial score (nSPS) is 11.8. The van der Waals surface area contributed by atoms with E-state index in [0.717, 1.165) is 4.90 Å². The molecule has 3 rings (SSSR count). The van der Waals surface area contributed by atoms with Crippen LogP contribution in [0.3, 0.4) is 0 Å². The summed E-state index contributed by atoms with van der Waals surface area (Å²) in [5, 5.41) is 42.9. The van der Waals surface area contributed by atoms with Crippen LogP contribution in [0.2, 0.25) is 0 Å². The van der Waals surface area contributed by atoms with Crippen molar-refractivity contribution in [2.75, 3.05) is 26.3 Å². The summed E-state index contributed by atoms with van der Waals surface area (Å²) in [5.41, 5.74) is 0.276. The first kappa shape index (κ1) is 39.4. The number of benzene rings is 2. The maximum absolute atomic E-state index is 13.1. The van der Waals surface area contributed by atoms with Crippen LogP contribution < -0.4 is 10.6 Å². The topological polar surface area (TPSA) is 283 Å². The minimum Gasteiger partial charge on any atom is -0.507 e. The summed E-state index contributed by atoms with van der Waals surface area (Å²) in [6.45, 7) is -2.63. The number of hydrogen-bond acceptors (Lipinski definition) is 15. The van der Waals surface area contributed by atoms with Crippen LogP contribution in [-0.2, 0) is 56.2 Å². The van der Waals surface area contributed by atoms with E-state index in [1.807, 2.05) is 0 Å². The highest BCUT2D eigenvalue weighted by Crippen LogP contribution is 2.21. The van der Waals surface area contributed by atoms with E-state index in [1.54, 1.807) is 12.1 Å². The molecular weight excluding hydrogens is 688 g/mol. The fourth-order valence-electron chi connectivity index (χ4n) is 4.51. The van der Waals surface area contributed by atoms with Crippen molar-refractivity contribution in [1.82, 2.24) is 20.6 Å². The van der Waals surface area contributed by atoms with Gasteiger partial charge in [-0.25, -0.2) is 14.4 Å². The molecule has 4 N–H and O–H groups in total. The molecule has 0 saturated carbocycles. The summed E-state index contributed by atoms with van der Waals surface area (Å²) < 4.78 is 9.31. The molecule has 1 aliphatic heterocycles. The molecule has 0 spiro atoms. The Balaban J connectivity index is 1.62. The first-order valence-electron chi connectivity index (χ1n) is 15.4. The minimum atomic E-state index is -0.946. The molecule has 19 nitrogen and oxygen atoms in total. The van der Waals surface area contributed by atoms with Crippen LogP contribution in [0.4, 0.5) is 0 Å². The quantitative estimate of drug-likeness (QED) is 0.124.